The SMILES string of the molecule is CC(C)(C)OC(=O)NCC1CCCCN1S(=O)(=O)c1ccc(OC(F)F)c(Cl)c1. The van der Waals surface area contributed by atoms with Gasteiger partial charge in [-0.3, -0.25) is 0 Å². The second-order valence-corrected chi connectivity index (χ2v) is 9.92. The fourth-order valence-corrected chi connectivity index (χ4v) is 4.99. The maximum absolute atomic E-state index is 13.1. The Labute approximate surface area is 174 Å². The average Bonchev–Trinajstić information content (AvgIpc) is 2.60. The van der Waals surface area contributed by atoms with Crippen molar-refractivity contribution < 1.29 is 31.5 Å². The van der Waals surface area contributed by atoms with Gasteiger partial charge in [-0.1, -0.05) is 18.0 Å². The van der Waals surface area contributed by atoms with E-state index in [1.807, 2.05) is 0 Å². The molecule has 1 amide bonds. The summed E-state index contributed by atoms with van der Waals surface area (Å²) < 4.78 is 61.7. The van der Waals surface area contributed by atoms with Crippen LogP contribution in [0.4, 0.5) is 13.6 Å². The minimum absolute atomic E-state index is 0.0917. The van der Waals surface area contributed by atoms with Crippen molar-refractivity contribution in [2.75, 3.05) is 13.1 Å². The highest BCUT2D eigenvalue weighted by atomic mass is 35.5. The normalized spacial score (nSPS) is 18.5. The van der Waals surface area contributed by atoms with E-state index in [1.54, 1.807) is 20.8 Å². The van der Waals surface area contributed by atoms with Crippen molar-refractivity contribution in [3.63, 3.8) is 0 Å². The largest absolute Gasteiger partial charge is 0.444 e. The van der Waals surface area contributed by atoms with Gasteiger partial charge in [0.15, 0.2) is 0 Å². The number of hydrogen-bond acceptors (Lipinski definition) is 5. The summed E-state index contributed by atoms with van der Waals surface area (Å²) in [5.74, 6) is -0.303. The van der Waals surface area contributed by atoms with Crippen LogP contribution in [0.15, 0.2) is 23.1 Å². The van der Waals surface area contributed by atoms with Crippen molar-refractivity contribution in [3.05, 3.63) is 23.2 Å². The van der Waals surface area contributed by atoms with Crippen LogP contribution >= 0.6 is 11.6 Å². The fourth-order valence-electron chi connectivity index (χ4n) is 2.98. The van der Waals surface area contributed by atoms with Gasteiger partial charge >= 0.3 is 12.7 Å². The summed E-state index contributed by atoms with van der Waals surface area (Å²) in [5, 5.41) is 2.38. The Morgan fingerprint density at radius 2 is 2.03 bits per heavy atom. The van der Waals surface area contributed by atoms with Gasteiger partial charge in [0.1, 0.15) is 11.4 Å². The van der Waals surface area contributed by atoms with Gasteiger partial charge in [0.05, 0.1) is 9.92 Å². The highest BCUT2D eigenvalue weighted by molar-refractivity contribution is 7.89. The van der Waals surface area contributed by atoms with Crippen molar-refractivity contribution in [1.29, 1.82) is 0 Å². The number of piperidine rings is 1. The molecule has 2 rings (SSSR count). The first kappa shape index (κ1) is 23.6. The predicted molar refractivity (Wildman–Crippen MR) is 104 cm³/mol. The van der Waals surface area contributed by atoms with Gasteiger partial charge in [0.2, 0.25) is 10.0 Å². The van der Waals surface area contributed by atoms with E-state index in [0.717, 1.165) is 18.6 Å². The van der Waals surface area contributed by atoms with Gasteiger partial charge in [-0.2, -0.15) is 13.1 Å². The number of halogens is 3. The first-order valence-corrected chi connectivity index (χ1v) is 10.9. The van der Waals surface area contributed by atoms with Gasteiger partial charge in [0, 0.05) is 19.1 Å². The summed E-state index contributed by atoms with van der Waals surface area (Å²) in [5.41, 5.74) is -0.665. The maximum atomic E-state index is 13.1. The van der Waals surface area contributed by atoms with Crippen LogP contribution in [0.3, 0.4) is 0 Å². The van der Waals surface area contributed by atoms with E-state index < -0.39 is 34.4 Å². The minimum Gasteiger partial charge on any atom is -0.444 e. The number of alkyl carbamates (subject to hydrolysis) is 1. The number of carbonyl (C=O) groups excluding carboxylic acids is 1. The van der Waals surface area contributed by atoms with Gasteiger partial charge in [-0.25, -0.2) is 13.2 Å². The van der Waals surface area contributed by atoms with Crippen LogP contribution in [0.5, 0.6) is 5.75 Å². The molecule has 7 nitrogen and oxygen atoms in total. The smallest absolute Gasteiger partial charge is 0.407 e. The number of alkyl halides is 2. The Morgan fingerprint density at radius 3 is 2.62 bits per heavy atom. The molecule has 1 fully saturated rings. The molecule has 0 aromatic heterocycles. The lowest BCUT2D eigenvalue weighted by Gasteiger charge is -2.35. The van der Waals surface area contributed by atoms with E-state index in [-0.39, 0.29) is 28.8 Å². The molecule has 1 aromatic carbocycles. The third kappa shape index (κ3) is 6.68. The van der Waals surface area contributed by atoms with E-state index in [9.17, 15) is 22.0 Å². The molecule has 1 saturated heterocycles. The van der Waals surface area contributed by atoms with Gasteiger partial charge in [-0.05, 0) is 51.8 Å². The van der Waals surface area contributed by atoms with Crippen molar-refractivity contribution in [2.45, 2.75) is 63.2 Å². The first-order valence-electron chi connectivity index (χ1n) is 9.13. The Morgan fingerprint density at radius 1 is 1.34 bits per heavy atom. The van der Waals surface area contributed by atoms with Crippen LogP contribution in [0.2, 0.25) is 5.02 Å². The number of ether oxygens (including phenoxy) is 2. The highest BCUT2D eigenvalue weighted by Gasteiger charge is 2.34. The third-order valence-electron chi connectivity index (χ3n) is 4.18. The number of hydrogen-bond donors (Lipinski definition) is 1. The maximum Gasteiger partial charge on any atom is 0.407 e. The molecule has 0 saturated carbocycles. The second-order valence-electron chi connectivity index (χ2n) is 7.62. The van der Waals surface area contributed by atoms with Gasteiger partial charge in [-0.15, -0.1) is 0 Å². The molecule has 1 aromatic rings. The molecule has 1 N–H and O–H groups in total. The Balaban J connectivity index is 2.16. The number of carbonyl (C=O) groups is 1. The molecule has 0 bridgehead atoms. The topological polar surface area (TPSA) is 84.9 Å². The number of rotatable bonds is 6. The van der Waals surface area contributed by atoms with Crippen molar-refractivity contribution in [2.24, 2.45) is 0 Å². The summed E-state index contributed by atoms with van der Waals surface area (Å²) in [7, 11) is -3.95. The average molecular weight is 455 g/mol. The number of sulfonamides is 1. The highest BCUT2D eigenvalue weighted by Crippen LogP contribution is 2.32. The van der Waals surface area contributed by atoms with Crippen LogP contribution in [0.1, 0.15) is 40.0 Å². The van der Waals surface area contributed by atoms with Crippen molar-refractivity contribution in [3.8, 4) is 5.75 Å². The van der Waals surface area contributed by atoms with Crippen LogP contribution in [-0.2, 0) is 14.8 Å². The molecule has 11 heteroatoms. The summed E-state index contributed by atoms with van der Waals surface area (Å²) in [6, 6.07) is 2.89. The molecule has 1 heterocycles. The van der Waals surface area contributed by atoms with E-state index in [0.29, 0.717) is 12.8 Å². The zero-order chi connectivity index (χ0) is 21.8. The van der Waals surface area contributed by atoms with Crippen LogP contribution < -0.4 is 10.1 Å². The van der Waals surface area contributed by atoms with Crippen LogP contribution in [0, 0.1) is 0 Å². The Kier molecular flexibility index (Phi) is 7.69. The van der Waals surface area contributed by atoms with E-state index in [4.69, 9.17) is 16.3 Å². The molecule has 0 spiro atoms. The molecule has 0 aliphatic carbocycles. The minimum atomic E-state index is -3.95. The molecule has 1 aliphatic heterocycles. The summed E-state index contributed by atoms with van der Waals surface area (Å²) in [4.78, 5) is 11.8. The standard InChI is InChI=1S/C18H25ClF2N2O5S/c1-18(2,3)28-17(24)22-11-12-6-4-5-9-23(12)29(25,26)13-7-8-15(14(19)10-13)27-16(20)21/h7-8,10,12,16H,4-6,9,11H2,1-3H3,(H,22,24). The predicted octanol–water partition coefficient (Wildman–Crippen LogP) is 4.01. The van der Waals surface area contributed by atoms with Crippen LogP contribution in [0.25, 0.3) is 0 Å². The molecule has 29 heavy (non-hydrogen) atoms. The third-order valence-corrected chi connectivity index (χ3v) is 6.42. The van der Waals surface area contributed by atoms with Crippen molar-refractivity contribution in [1.82, 2.24) is 9.62 Å². The zero-order valence-corrected chi connectivity index (χ0v) is 18.0. The van der Waals surface area contributed by atoms with Gasteiger partial charge in [0.25, 0.3) is 0 Å². The molecule has 1 unspecified atom stereocenters. The summed E-state index contributed by atoms with van der Waals surface area (Å²) in [6.07, 6.45) is 1.42. The molecule has 164 valence electrons. The molecular weight excluding hydrogens is 430 g/mol. The number of benzene rings is 1. The lowest BCUT2D eigenvalue weighted by molar-refractivity contribution is -0.0498. The van der Waals surface area contributed by atoms with Gasteiger partial charge < -0.3 is 14.8 Å². The lowest BCUT2D eigenvalue weighted by atomic mass is 10.1. The van der Waals surface area contributed by atoms with Crippen LogP contribution in [-0.4, -0.2) is 50.2 Å². The van der Waals surface area contributed by atoms with E-state index >= 15 is 0 Å². The molecule has 0 radical (unpaired) electrons. The van der Waals surface area contributed by atoms with E-state index in [1.165, 1.54) is 10.4 Å². The van der Waals surface area contributed by atoms with E-state index in [2.05, 4.69) is 10.1 Å². The Hall–Kier alpha value is -1.65. The quantitative estimate of drug-likeness (QED) is 0.702. The first-order chi connectivity index (χ1) is 13.4. The second kappa shape index (κ2) is 9.44. The molecular formula is C18H25ClF2N2O5S. The fraction of sp³-hybridized carbons (Fsp3) is 0.611. The summed E-state index contributed by atoms with van der Waals surface area (Å²) in [6.45, 7) is 2.49. The van der Waals surface area contributed by atoms with Crippen molar-refractivity contribution >= 4 is 27.7 Å². The molecule has 1 aliphatic rings. The monoisotopic (exact) mass is 454 g/mol. The number of nitrogens with zero attached hydrogens (tertiary/aromatic N) is 1. The summed E-state index contributed by atoms with van der Waals surface area (Å²) >= 11 is 5.90. The number of amides is 1. The zero-order valence-electron chi connectivity index (χ0n) is 16.5. The Bertz CT molecular complexity index is 830. The molecule has 1 atom stereocenters. The lowest BCUT2D eigenvalue weighted by Crippen LogP contribution is -2.49. The number of nitrogens with one attached hydrogen (secondary N) is 1.